The van der Waals surface area contributed by atoms with Gasteiger partial charge in [0.15, 0.2) is 0 Å². The number of ether oxygens (including phenoxy) is 1. The quantitative estimate of drug-likeness (QED) is 0.615. The van der Waals surface area contributed by atoms with Crippen LogP contribution < -0.4 is 0 Å². The minimum absolute atomic E-state index is 0.353. The lowest BCUT2D eigenvalue weighted by atomic mass is 10.3. The van der Waals surface area contributed by atoms with Crippen LogP contribution in [-0.4, -0.2) is 17.6 Å². The molecule has 1 aromatic rings. The van der Waals surface area contributed by atoms with Crippen molar-refractivity contribution in [3.63, 3.8) is 0 Å². The smallest absolute Gasteiger partial charge is 0.330 e. The van der Waals surface area contributed by atoms with Gasteiger partial charge in [-0.15, -0.1) is 0 Å². The molecule has 0 atom stereocenters. The Morgan fingerprint density at radius 1 is 1.71 bits per heavy atom. The zero-order valence-corrected chi connectivity index (χ0v) is 9.32. The van der Waals surface area contributed by atoms with Gasteiger partial charge in [-0.25, -0.2) is 4.79 Å². The third-order valence-electron chi connectivity index (χ3n) is 1.42. The minimum atomic E-state index is -0.353. The summed E-state index contributed by atoms with van der Waals surface area (Å²) in [6.45, 7) is 2.15. The molecule has 3 nitrogen and oxygen atoms in total. The molecule has 0 unspecified atom stereocenters. The second-order valence-electron chi connectivity index (χ2n) is 2.48. The molecule has 1 aromatic heterocycles. The number of aromatic nitrogens is 1. The van der Waals surface area contributed by atoms with Crippen molar-refractivity contribution in [2.24, 2.45) is 0 Å². The molecule has 0 saturated heterocycles. The highest BCUT2D eigenvalue weighted by atomic mass is 79.9. The zero-order valence-electron chi connectivity index (χ0n) is 7.74. The molecule has 1 heterocycles. The average molecular weight is 256 g/mol. The topological polar surface area (TPSA) is 39.2 Å². The molecule has 4 heteroatoms. The Labute approximate surface area is 90.9 Å². The van der Waals surface area contributed by atoms with Crippen molar-refractivity contribution in [2.45, 2.75) is 6.92 Å². The highest BCUT2D eigenvalue weighted by Crippen LogP contribution is 2.09. The predicted molar refractivity (Wildman–Crippen MR) is 57.6 cm³/mol. The van der Waals surface area contributed by atoms with E-state index < -0.39 is 0 Å². The Hall–Kier alpha value is -1.16. The Balaban J connectivity index is 2.64. The standard InChI is InChI=1S/C10H10BrNO2/c1-2-14-10(13)4-3-9-7-8(11)5-6-12-9/h3-7H,2H2,1H3. The summed E-state index contributed by atoms with van der Waals surface area (Å²) in [5.41, 5.74) is 0.715. The Kier molecular flexibility index (Phi) is 4.32. The maximum atomic E-state index is 11.0. The molecule has 14 heavy (non-hydrogen) atoms. The van der Waals surface area contributed by atoms with Crippen molar-refractivity contribution in [3.8, 4) is 0 Å². The van der Waals surface area contributed by atoms with E-state index in [-0.39, 0.29) is 5.97 Å². The van der Waals surface area contributed by atoms with Crippen LogP contribution in [0, 0.1) is 0 Å². The van der Waals surface area contributed by atoms with Gasteiger partial charge in [0, 0.05) is 16.7 Å². The number of hydrogen-bond donors (Lipinski definition) is 0. The van der Waals surface area contributed by atoms with Gasteiger partial charge in [0.25, 0.3) is 0 Å². The molecule has 0 bridgehead atoms. The van der Waals surface area contributed by atoms with Crippen LogP contribution in [0.2, 0.25) is 0 Å². The maximum Gasteiger partial charge on any atom is 0.330 e. The van der Waals surface area contributed by atoms with Gasteiger partial charge in [0.2, 0.25) is 0 Å². The van der Waals surface area contributed by atoms with Crippen molar-refractivity contribution in [1.29, 1.82) is 0 Å². The fraction of sp³-hybridized carbons (Fsp3) is 0.200. The van der Waals surface area contributed by atoms with Gasteiger partial charge in [-0.05, 0) is 25.1 Å². The molecule has 0 spiro atoms. The van der Waals surface area contributed by atoms with Crippen molar-refractivity contribution >= 4 is 28.0 Å². The summed E-state index contributed by atoms with van der Waals surface area (Å²) < 4.78 is 5.66. The van der Waals surface area contributed by atoms with E-state index >= 15 is 0 Å². The Morgan fingerprint density at radius 2 is 2.50 bits per heavy atom. The van der Waals surface area contributed by atoms with E-state index in [0.717, 1.165) is 4.47 Å². The second-order valence-corrected chi connectivity index (χ2v) is 3.40. The van der Waals surface area contributed by atoms with Gasteiger partial charge in [0.05, 0.1) is 12.3 Å². The number of pyridine rings is 1. The molecule has 0 fully saturated rings. The molecular formula is C10H10BrNO2. The summed E-state index contributed by atoms with van der Waals surface area (Å²) in [6.07, 6.45) is 4.63. The first-order valence-corrected chi connectivity index (χ1v) is 4.98. The van der Waals surface area contributed by atoms with E-state index in [1.54, 1.807) is 19.2 Å². The highest BCUT2D eigenvalue weighted by molar-refractivity contribution is 9.10. The molecule has 0 N–H and O–H groups in total. The summed E-state index contributed by atoms with van der Waals surface area (Å²) in [6, 6.07) is 3.64. The molecular weight excluding hydrogens is 246 g/mol. The number of esters is 1. The lowest BCUT2D eigenvalue weighted by Gasteiger charge is -1.95. The number of halogens is 1. The van der Waals surface area contributed by atoms with Gasteiger partial charge >= 0.3 is 5.97 Å². The minimum Gasteiger partial charge on any atom is -0.463 e. The van der Waals surface area contributed by atoms with E-state index in [1.165, 1.54) is 6.08 Å². The summed E-state index contributed by atoms with van der Waals surface area (Å²) >= 11 is 3.31. The third kappa shape index (κ3) is 3.70. The fourth-order valence-corrected chi connectivity index (χ4v) is 1.21. The first-order chi connectivity index (χ1) is 6.72. The lowest BCUT2D eigenvalue weighted by Crippen LogP contribution is -1.98. The number of nitrogens with zero attached hydrogens (tertiary/aromatic N) is 1. The van der Waals surface area contributed by atoms with Gasteiger partial charge in [-0.2, -0.15) is 0 Å². The first-order valence-electron chi connectivity index (χ1n) is 4.18. The van der Waals surface area contributed by atoms with Crippen molar-refractivity contribution < 1.29 is 9.53 Å². The molecule has 0 saturated carbocycles. The third-order valence-corrected chi connectivity index (χ3v) is 1.91. The van der Waals surface area contributed by atoms with E-state index in [9.17, 15) is 4.79 Å². The summed E-state index contributed by atoms with van der Waals surface area (Å²) in [5, 5.41) is 0. The van der Waals surface area contributed by atoms with Crippen molar-refractivity contribution in [1.82, 2.24) is 4.98 Å². The van der Waals surface area contributed by atoms with Crippen LogP contribution in [0.5, 0.6) is 0 Å². The van der Waals surface area contributed by atoms with Gasteiger partial charge in [-0.1, -0.05) is 15.9 Å². The molecule has 0 aliphatic heterocycles. The van der Waals surface area contributed by atoms with Crippen LogP contribution in [0.25, 0.3) is 6.08 Å². The van der Waals surface area contributed by atoms with E-state index in [2.05, 4.69) is 20.9 Å². The van der Waals surface area contributed by atoms with Crippen molar-refractivity contribution in [3.05, 3.63) is 34.6 Å². The normalized spacial score (nSPS) is 10.4. The van der Waals surface area contributed by atoms with E-state index in [4.69, 9.17) is 4.74 Å². The first kappa shape index (κ1) is 10.9. The molecule has 74 valence electrons. The summed E-state index contributed by atoms with van der Waals surface area (Å²) in [5.74, 6) is -0.353. The Morgan fingerprint density at radius 3 is 3.14 bits per heavy atom. The van der Waals surface area contributed by atoms with Crippen LogP contribution in [0.15, 0.2) is 28.9 Å². The maximum absolute atomic E-state index is 11.0. The monoisotopic (exact) mass is 255 g/mol. The number of carbonyl (C=O) groups is 1. The second kappa shape index (κ2) is 5.54. The van der Waals surface area contributed by atoms with E-state index in [1.807, 2.05) is 12.1 Å². The van der Waals surface area contributed by atoms with E-state index in [0.29, 0.717) is 12.3 Å². The van der Waals surface area contributed by atoms with Crippen LogP contribution in [0.1, 0.15) is 12.6 Å². The lowest BCUT2D eigenvalue weighted by molar-refractivity contribution is -0.137. The van der Waals surface area contributed by atoms with Gasteiger partial charge in [-0.3, -0.25) is 4.98 Å². The predicted octanol–water partition coefficient (Wildman–Crippen LogP) is 2.42. The zero-order chi connectivity index (χ0) is 10.4. The number of hydrogen-bond acceptors (Lipinski definition) is 3. The van der Waals surface area contributed by atoms with Crippen molar-refractivity contribution in [2.75, 3.05) is 6.61 Å². The van der Waals surface area contributed by atoms with Crippen LogP contribution in [0.3, 0.4) is 0 Å². The largest absolute Gasteiger partial charge is 0.463 e. The molecule has 0 aliphatic carbocycles. The highest BCUT2D eigenvalue weighted by Gasteiger charge is 1.94. The summed E-state index contributed by atoms with van der Waals surface area (Å²) in [7, 11) is 0. The van der Waals surface area contributed by atoms with Gasteiger partial charge in [0.1, 0.15) is 0 Å². The van der Waals surface area contributed by atoms with Gasteiger partial charge < -0.3 is 4.74 Å². The molecule has 0 radical (unpaired) electrons. The van der Waals surface area contributed by atoms with Crippen LogP contribution >= 0.6 is 15.9 Å². The Bertz CT molecular complexity index is 350. The number of rotatable bonds is 3. The fourth-order valence-electron chi connectivity index (χ4n) is 0.856. The molecule has 1 rings (SSSR count). The van der Waals surface area contributed by atoms with Crippen LogP contribution in [0.4, 0.5) is 0 Å². The number of carbonyl (C=O) groups excluding carboxylic acids is 1. The SMILES string of the molecule is CCOC(=O)C=Cc1cc(Br)ccn1. The van der Waals surface area contributed by atoms with Crippen LogP contribution in [-0.2, 0) is 9.53 Å². The molecule has 0 aromatic carbocycles. The summed E-state index contributed by atoms with van der Waals surface area (Å²) in [4.78, 5) is 15.0. The average Bonchev–Trinajstić information content (AvgIpc) is 2.15. The molecule has 0 amide bonds. The molecule has 0 aliphatic rings.